The molecule has 0 bridgehead atoms. The minimum atomic E-state index is -0.563. The molecule has 0 radical (unpaired) electrons. The van der Waals surface area contributed by atoms with Crippen molar-refractivity contribution in [2.75, 3.05) is 26.1 Å². The Hall–Kier alpha value is -2.18. The number of ether oxygens (including phenoxy) is 2. The largest absolute Gasteiger partial charge is 0.468 e. The first-order chi connectivity index (χ1) is 7.67. The molecule has 1 aromatic heterocycles. The van der Waals surface area contributed by atoms with Gasteiger partial charge in [0.1, 0.15) is 12.4 Å². The number of hydrogen-bond acceptors (Lipinski definition) is 7. The van der Waals surface area contributed by atoms with E-state index >= 15 is 0 Å². The summed E-state index contributed by atoms with van der Waals surface area (Å²) in [5.41, 5.74) is 0.103. The second-order valence-electron chi connectivity index (χ2n) is 2.73. The van der Waals surface area contributed by atoms with Gasteiger partial charge in [-0.05, 0) is 12.1 Å². The van der Waals surface area contributed by atoms with Gasteiger partial charge in [0.25, 0.3) is 0 Å². The molecule has 0 aromatic carbocycles. The lowest BCUT2D eigenvalue weighted by atomic mass is 10.4. The van der Waals surface area contributed by atoms with Crippen LogP contribution < -0.4 is 5.32 Å². The fourth-order valence-corrected chi connectivity index (χ4v) is 0.875. The Morgan fingerprint density at radius 3 is 2.50 bits per heavy atom. The van der Waals surface area contributed by atoms with E-state index in [0.29, 0.717) is 5.82 Å². The van der Waals surface area contributed by atoms with Crippen molar-refractivity contribution in [2.45, 2.75) is 0 Å². The van der Waals surface area contributed by atoms with E-state index in [4.69, 9.17) is 0 Å². The molecule has 0 saturated heterocycles. The topological polar surface area (TPSA) is 90.4 Å². The average molecular weight is 225 g/mol. The Balaban J connectivity index is 2.58. The Morgan fingerprint density at radius 2 is 2.00 bits per heavy atom. The van der Waals surface area contributed by atoms with Crippen LogP contribution in [0.4, 0.5) is 5.82 Å². The van der Waals surface area contributed by atoms with E-state index in [-0.39, 0.29) is 12.2 Å². The van der Waals surface area contributed by atoms with Crippen LogP contribution in [0.3, 0.4) is 0 Å². The third kappa shape index (κ3) is 3.19. The first kappa shape index (κ1) is 11.9. The Kier molecular flexibility index (Phi) is 4.19. The van der Waals surface area contributed by atoms with E-state index in [9.17, 15) is 9.59 Å². The molecule has 1 N–H and O–H groups in total. The minimum Gasteiger partial charge on any atom is -0.468 e. The van der Waals surface area contributed by atoms with Gasteiger partial charge in [-0.25, -0.2) is 4.79 Å². The van der Waals surface area contributed by atoms with Crippen LogP contribution in [0, 0.1) is 0 Å². The van der Waals surface area contributed by atoms with Gasteiger partial charge in [-0.2, -0.15) is 0 Å². The smallest absolute Gasteiger partial charge is 0.358 e. The van der Waals surface area contributed by atoms with Crippen molar-refractivity contribution in [3.05, 3.63) is 17.8 Å². The highest BCUT2D eigenvalue weighted by atomic mass is 16.5. The average Bonchev–Trinajstić information content (AvgIpc) is 2.35. The predicted molar refractivity (Wildman–Crippen MR) is 53.9 cm³/mol. The van der Waals surface area contributed by atoms with Crippen molar-refractivity contribution in [3.8, 4) is 0 Å². The first-order valence-electron chi connectivity index (χ1n) is 4.40. The van der Waals surface area contributed by atoms with Gasteiger partial charge < -0.3 is 14.8 Å². The summed E-state index contributed by atoms with van der Waals surface area (Å²) in [6.45, 7) is -0.0112. The monoisotopic (exact) mass is 225 g/mol. The number of hydrogen-bond donors (Lipinski definition) is 1. The molecular weight excluding hydrogens is 214 g/mol. The normalized spacial score (nSPS) is 9.38. The van der Waals surface area contributed by atoms with Crippen molar-refractivity contribution in [1.82, 2.24) is 10.2 Å². The van der Waals surface area contributed by atoms with Crippen LogP contribution in [0.15, 0.2) is 12.1 Å². The summed E-state index contributed by atoms with van der Waals surface area (Å²) in [5, 5.41) is 9.98. The van der Waals surface area contributed by atoms with E-state index in [1.165, 1.54) is 26.4 Å². The summed E-state index contributed by atoms with van der Waals surface area (Å²) >= 11 is 0. The fraction of sp³-hybridized carbons (Fsp3) is 0.333. The highest BCUT2D eigenvalue weighted by Gasteiger charge is 2.07. The second-order valence-corrected chi connectivity index (χ2v) is 2.73. The molecule has 0 aliphatic rings. The third-order valence-corrected chi connectivity index (χ3v) is 1.70. The number of nitrogens with one attached hydrogen (secondary N) is 1. The number of rotatable bonds is 4. The molecule has 0 unspecified atom stereocenters. The van der Waals surface area contributed by atoms with Crippen molar-refractivity contribution in [2.24, 2.45) is 0 Å². The molecule has 0 fully saturated rings. The zero-order valence-corrected chi connectivity index (χ0v) is 8.89. The molecular formula is C9H11N3O4. The van der Waals surface area contributed by atoms with Crippen LogP contribution in [0.5, 0.6) is 0 Å². The molecule has 16 heavy (non-hydrogen) atoms. The highest BCUT2D eigenvalue weighted by Crippen LogP contribution is 2.02. The summed E-state index contributed by atoms with van der Waals surface area (Å²) < 4.78 is 8.88. The van der Waals surface area contributed by atoms with Crippen LogP contribution in [-0.2, 0) is 14.3 Å². The molecule has 0 spiro atoms. The molecule has 0 aliphatic heterocycles. The maximum atomic E-state index is 11.0. The quantitative estimate of drug-likeness (QED) is 0.712. The summed E-state index contributed by atoms with van der Waals surface area (Å²) in [6.07, 6.45) is 0. The minimum absolute atomic E-state index is 0.0112. The Labute approximate surface area is 91.8 Å². The summed E-state index contributed by atoms with van der Waals surface area (Å²) in [5.74, 6) is -0.607. The molecule has 1 heterocycles. The lowest BCUT2D eigenvalue weighted by Crippen LogP contribution is -2.16. The number of carbonyl (C=O) groups excluding carboxylic acids is 2. The van der Waals surface area contributed by atoms with E-state index in [1.807, 2.05) is 0 Å². The fourth-order valence-electron chi connectivity index (χ4n) is 0.875. The molecule has 0 saturated carbocycles. The Morgan fingerprint density at radius 1 is 1.25 bits per heavy atom. The Bertz CT molecular complexity index is 377. The maximum absolute atomic E-state index is 11.0. The zero-order chi connectivity index (χ0) is 12.0. The summed E-state index contributed by atoms with van der Waals surface area (Å²) in [7, 11) is 2.55. The van der Waals surface area contributed by atoms with Crippen molar-refractivity contribution < 1.29 is 19.1 Å². The van der Waals surface area contributed by atoms with Crippen LogP contribution >= 0.6 is 0 Å². The summed E-state index contributed by atoms with van der Waals surface area (Å²) in [4.78, 5) is 21.8. The van der Waals surface area contributed by atoms with Gasteiger partial charge >= 0.3 is 11.9 Å². The standard InChI is InChI=1S/C9H11N3O4/c1-15-8(13)5-10-7-4-3-6(11-12-7)9(14)16-2/h3-4H,5H2,1-2H3,(H,10,12). The van der Waals surface area contributed by atoms with E-state index < -0.39 is 11.9 Å². The predicted octanol–water partition coefficient (Wildman–Crippen LogP) is -0.152. The van der Waals surface area contributed by atoms with Crippen molar-refractivity contribution in [3.63, 3.8) is 0 Å². The number of anilines is 1. The number of nitrogens with zero attached hydrogens (tertiary/aromatic N) is 2. The van der Waals surface area contributed by atoms with E-state index in [1.54, 1.807) is 0 Å². The number of esters is 2. The molecule has 1 rings (SSSR count). The van der Waals surface area contributed by atoms with E-state index in [0.717, 1.165) is 0 Å². The molecule has 7 heteroatoms. The summed E-state index contributed by atoms with van der Waals surface area (Å²) in [6, 6.07) is 2.96. The molecule has 1 aromatic rings. The van der Waals surface area contributed by atoms with Crippen LogP contribution in [0.25, 0.3) is 0 Å². The van der Waals surface area contributed by atoms with Gasteiger partial charge in [0.05, 0.1) is 14.2 Å². The van der Waals surface area contributed by atoms with Gasteiger partial charge in [-0.3, -0.25) is 4.79 Å². The molecule has 0 amide bonds. The van der Waals surface area contributed by atoms with Gasteiger partial charge in [0.15, 0.2) is 5.69 Å². The molecule has 0 atom stereocenters. The van der Waals surface area contributed by atoms with Crippen LogP contribution in [-0.4, -0.2) is 42.9 Å². The second kappa shape index (κ2) is 5.64. The van der Waals surface area contributed by atoms with Crippen molar-refractivity contribution in [1.29, 1.82) is 0 Å². The maximum Gasteiger partial charge on any atom is 0.358 e. The first-order valence-corrected chi connectivity index (χ1v) is 4.40. The lowest BCUT2D eigenvalue weighted by molar-refractivity contribution is -0.138. The van der Waals surface area contributed by atoms with Crippen LogP contribution in [0.2, 0.25) is 0 Å². The lowest BCUT2D eigenvalue weighted by Gasteiger charge is -2.03. The van der Waals surface area contributed by atoms with Gasteiger partial charge in [0, 0.05) is 0 Å². The highest BCUT2D eigenvalue weighted by molar-refractivity contribution is 5.87. The van der Waals surface area contributed by atoms with E-state index in [2.05, 4.69) is 25.0 Å². The van der Waals surface area contributed by atoms with Gasteiger partial charge in [0.2, 0.25) is 0 Å². The molecule has 86 valence electrons. The zero-order valence-electron chi connectivity index (χ0n) is 8.89. The molecule has 7 nitrogen and oxygen atoms in total. The SMILES string of the molecule is COC(=O)CNc1ccc(C(=O)OC)nn1. The van der Waals surface area contributed by atoms with Crippen LogP contribution in [0.1, 0.15) is 10.5 Å². The molecule has 0 aliphatic carbocycles. The number of carbonyl (C=O) groups is 2. The third-order valence-electron chi connectivity index (χ3n) is 1.70. The van der Waals surface area contributed by atoms with Crippen molar-refractivity contribution >= 4 is 17.8 Å². The number of methoxy groups -OCH3 is 2. The van der Waals surface area contributed by atoms with Gasteiger partial charge in [-0.1, -0.05) is 0 Å². The van der Waals surface area contributed by atoms with Gasteiger partial charge in [-0.15, -0.1) is 10.2 Å². The number of aromatic nitrogens is 2.